The molecule has 0 nitrogen and oxygen atoms in total. The van der Waals surface area contributed by atoms with Gasteiger partial charge >= 0.3 is 0 Å². The van der Waals surface area contributed by atoms with Crippen molar-refractivity contribution < 1.29 is 0 Å². The Morgan fingerprint density at radius 2 is 0.594 bits per heavy atom. The molecule has 0 saturated heterocycles. The second kappa shape index (κ2) is 8.69. The van der Waals surface area contributed by atoms with Gasteiger partial charge < -0.3 is 0 Å². The average Bonchev–Trinajstić information content (AvgIpc) is 2.90. The first-order valence-corrected chi connectivity index (χ1v) is 11.1. The molecule has 5 rings (SSSR count). The van der Waals surface area contributed by atoms with Crippen LogP contribution in [-0.2, 0) is 5.41 Å². The summed E-state index contributed by atoms with van der Waals surface area (Å²) >= 11 is 0. The Balaban J connectivity index is 1.58. The fraction of sp³-hybridized carbons (Fsp3) is 0.0625. The summed E-state index contributed by atoms with van der Waals surface area (Å²) in [5.74, 6) is 0. The van der Waals surface area contributed by atoms with Crippen LogP contribution in [0.3, 0.4) is 0 Å². The van der Waals surface area contributed by atoms with Gasteiger partial charge in [0.2, 0.25) is 0 Å². The minimum Gasteiger partial charge on any atom is -0.0622 e. The van der Waals surface area contributed by atoms with Crippen molar-refractivity contribution in [2.45, 2.75) is 12.3 Å². The van der Waals surface area contributed by atoms with Gasteiger partial charge in [0.15, 0.2) is 0 Å². The molecule has 0 aliphatic heterocycles. The Hall–Kier alpha value is -3.90. The monoisotopic (exact) mass is 410 g/mol. The molecule has 0 N–H and O–H groups in total. The summed E-state index contributed by atoms with van der Waals surface area (Å²) in [4.78, 5) is 0. The highest BCUT2D eigenvalue weighted by Crippen LogP contribution is 2.40. The van der Waals surface area contributed by atoms with Crippen molar-refractivity contribution in [3.8, 4) is 22.3 Å². The van der Waals surface area contributed by atoms with E-state index in [2.05, 4.69) is 146 Å². The van der Waals surface area contributed by atoms with Crippen LogP contribution in [0.4, 0.5) is 0 Å². The molecule has 32 heavy (non-hydrogen) atoms. The Labute approximate surface area is 190 Å². The molecule has 0 saturated carbocycles. The third-order valence-electron chi connectivity index (χ3n) is 6.49. The fourth-order valence-electron chi connectivity index (χ4n) is 4.52. The Bertz CT molecular complexity index is 1180. The zero-order chi connectivity index (χ0) is 21.8. The molecule has 0 amide bonds. The lowest BCUT2D eigenvalue weighted by atomic mass is 9.70. The fourth-order valence-corrected chi connectivity index (χ4v) is 4.52. The Morgan fingerprint density at radius 3 is 0.969 bits per heavy atom. The molecule has 154 valence electrons. The molecular formula is C32H26. The van der Waals surface area contributed by atoms with Crippen LogP contribution in [0.5, 0.6) is 0 Å². The smallest absolute Gasteiger partial charge is 0.0423 e. The van der Waals surface area contributed by atoms with Crippen molar-refractivity contribution in [1.82, 2.24) is 0 Å². The van der Waals surface area contributed by atoms with Crippen molar-refractivity contribution in [2.24, 2.45) is 0 Å². The molecule has 0 atom stereocenters. The van der Waals surface area contributed by atoms with Gasteiger partial charge in [0, 0.05) is 5.41 Å². The highest BCUT2D eigenvalue weighted by Gasteiger charge is 2.31. The van der Waals surface area contributed by atoms with Gasteiger partial charge in [0.1, 0.15) is 0 Å². The van der Waals surface area contributed by atoms with E-state index in [0.29, 0.717) is 0 Å². The molecule has 0 aromatic heterocycles. The zero-order valence-corrected chi connectivity index (χ0v) is 18.3. The molecule has 5 aromatic carbocycles. The third kappa shape index (κ3) is 3.76. The molecule has 0 aliphatic rings. The lowest BCUT2D eigenvalue weighted by molar-refractivity contribution is 0.693. The summed E-state index contributed by atoms with van der Waals surface area (Å²) in [5.41, 5.74) is 8.59. The van der Waals surface area contributed by atoms with E-state index in [1.807, 2.05) is 0 Å². The van der Waals surface area contributed by atoms with Crippen molar-refractivity contribution in [2.75, 3.05) is 0 Å². The maximum absolute atomic E-state index is 2.33. The number of hydrogen-bond donors (Lipinski definition) is 0. The van der Waals surface area contributed by atoms with E-state index in [0.717, 1.165) is 0 Å². The maximum atomic E-state index is 2.33. The molecular weight excluding hydrogens is 384 g/mol. The van der Waals surface area contributed by atoms with Gasteiger partial charge in [-0.15, -0.1) is 0 Å². The number of hydrogen-bond acceptors (Lipinski definition) is 0. The van der Waals surface area contributed by atoms with Crippen molar-refractivity contribution >= 4 is 0 Å². The molecule has 0 heteroatoms. The van der Waals surface area contributed by atoms with Crippen LogP contribution in [0.25, 0.3) is 22.3 Å². The van der Waals surface area contributed by atoms with E-state index in [9.17, 15) is 0 Å². The summed E-state index contributed by atoms with van der Waals surface area (Å²) in [6.45, 7) is 2.33. The summed E-state index contributed by atoms with van der Waals surface area (Å²) in [5, 5.41) is 0. The molecule has 0 fully saturated rings. The molecule has 0 aliphatic carbocycles. The van der Waals surface area contributed by atoms with Crippen LogP contribution in [0.1, 0.15) is 23.6 Å². The predicted octanol–water partition coefficient (Wildman–Crippen LogP) is 8.37. The highest BCUT2D eigenvalue weighted by molar-refractivity contribution is 5.66. The second-order valence-corrected chi connectivity index (χ2v) is 8.38. The van der Waals surface area contributed by atoms with Crippen molar-refractivity contribution in [1.29, 1.82) is 0 Å². The SMILES string of the molecule is CC(c1ccccc1)(c1ccc(-c2ccccc2)cc1)c1ccc(-c2ccccc2)cc1. The van der Waals surface area contributed by atoms with Gasteiger partial charge in [-0.1, -0.05) is 140 Å². The van der Waals surface area contributed by atoms with Gasteiger partial charge in [0.05, 0.1) is 0 Å². The summed E-state index contributed by atoms with van der Waals surface area (Å²) in [6.07, 6.45) is 0. The summed E-state index contributed by atoms with van der Waals surface area (Å²) in [6, 6.07) is 50.0. The molecule has 0 spiro atoms. The van der Waals surface area contributed by atoms with Crippen molar-refractivity contribution in [3.63, 3.8) is 0 Å². The van der Waals surface area contributed by atoms with Crippen LogP contribution < -0.4 is 0 Å². The average molecular weight is 411 g/mol. The Morgan fingerprint density at radius 1 is 0.312 bits per heavy atom. The largest absolute Gasteiger partial charge is 0.0622 e. The topological polar surface area (TPSA) is 0 Å². The summed E-state index contributed by atoms with van der Waals surface area (Å²) in [7, 11) is 0. The lowest BCUT2D eigenvalue weighted by Crippen LogP contribution is -2.25. The maximum Gasteiger partial charge on any atom is 0.0423 e. The van der Waals surface area contributed by atoms with E-state index in [1.165, 1.54) is 38.9 Å². The first-order chi connectivity index (χ1) is 15.7. The zero-order valence-electron chi connectivity index (χ0n) is 18.3. The van der Waals surface area contributed by atoms with Crippen molar-refractivity contribution in [3.05, 3.63) is 156 Å². The van der Waals surface area contributed by atoms with Gasteiger partial charge in [-0.3, -0.25) is 0 Å². The normalized spacial score (nSPS) is 11.3. The molecule has 5 aromatic rings. The quantitative estimate of drug-likeness (QED) is 0.255. The van der Waals surface area contributed by atoms with Gasteiger partial charge in [-0.25, -0.2) is 0 Å². The summed E-state index contributed by atoms with van der Waals surface area (Å²) < 4.78 is 0. The molecule has 0 bridgehead atoms. The van der Waals surface area contributed by atoms with Crippen LogP contribution in [-0.4, -0.2) is 0 Å². The Kier molecular flexibility index (Phi) is 5.44. The third-order valence-corrected chi connectivity index (χ3v) is 6.49. The van der Waals surface area contributed by atoms with Crippen LogP contribution in [0, 0.1) is 0 Å². The van der Waals surface area contributed by atoms with E-state index in [1.54, 1.807) is 0 Å². The predicted molar refractivity (Wildman–Crippen MR) is 136 cm³/mol. The first kappa shape index (κ1) is 20.0. The number of rotatable bonds is 5. The van der Waals surface area contributed by atoms with E-state index >= 15 is 0 Å². The lowest BCUT2D eigenvalue weighted by Gasteiger charge is -2.32. The van der Waals surface area contributed by atoms with Gasteiger partial charge in [0.25, 0.3) is 0 Å². The van der Waals surface area contributed by atoms with Crippen LogP contribution in [0.2, 0.25) is 0 Å². The van der Waals surface area contributed by atoms with Gasteiger partial charge in [-0.05, 0) is 45.9 Å². The van der Waals surface area contributed by atoms with Gasteiger partial charge in [-0.2, -0.15) is 0 Å². The minimum absolute atomic E-state index is 0.244. The highest BCUT2D eigenvalue weighted by atomic mass is 14.3. The minimum atomic E-state index is -0.244. The first-order valence-electron chi connectivity index (χ1n) is 11.1. The van der Waals surface area contributed by atoms with E-state index < -0.39 is 0 Å². The number of benzene rings is 5. The van der Waals surface area contributed by atoms with Crippen LogP contribution >= 0.6 is 0 Å². The second-order valence-electron chi connectivity index (χ2n) is 8.38. The van der Waals surface area contributed by atoms with E-state index in [-0.39, 0.29) is 5.41 Å². The van der Waals surface area contributed by atoms with Crippen LogP contribution in [0.15, 0.2) is 140 Å². The molecule has 0 unspecified atom stereocenters. The van der Waals surface area contributed by atoms with E-state index in [4.69, 9.17) is 0 Å². The molecule has 0 radical (unpaired) electrons. The molecule has 0 heterocycles. The standard InChI is InChI=1S/C32H26/c1-32(29-15-9-4-10-16-29,30-21-17-27(18-22-30)25-11-5-2-6-12-25)31-23-19-28(20-24-31)26-13-7-3-8-14-26/h2-24H,1H3.